The Labute approximate surface area is 126 Å². The van der Waals surface area contributed by atoms with E-state index in [0.717, 1.165) is 18.5 Å². The summed E-state index contributed by atoms with van der Waals surface area (Å²) in [7, 11) is -0.984. The van der Waals surface area contributed by atoms with Crippen LogP contribution < -0.4 is 5.32 Å². The second-order valence-corrected chi connectivity index (χ2v) is 8.69. The van der Waals surface area contributed by atoms with Gasteiger partial charge >= 0.3 is 0 Å². The van der Waals surface area contributed by atoms with Gasteiger partial charge in [-0.2, -0.15) is 5.10 Å². The first kappa shape index (κ1) is 15.5. The second kappa shape index (κ2) is 5.85. The molecule has 1 amide bonds. The van der Waals surface area contributed by atoms with Gasteiger partial charge in [-0.25, -0.2) is 0 Å². The van der Waals surface area contributed by atoms with E-state index in [9.17, 15) is 9.00 Å². The van der Waals surface area contributed by atoms with Gasteiger partial charge in [-0.15, -0.1) is 0 Å². The smallest absolute Gasteiger partial charge is 0.273 e. The summed E-state index contributed by atoms with van der Waals surface area (Å²) in [6, 6.07) is 0. The van der Waals surface area contributed by atoms with Gasteiger partial charge in [0.05, 0.1) is 10.7 Å². The standard InChI is InChI=1S/C13H20ClN3O2S/c1-13(2,3)20(19)7-6-15-12(18)11-9(14)10(16-17-11)8-4-5-8/h8H,4-7H2,1-3H3,(H,15,18)(H,16,17)/t20-/m1/s1. The van der Waals surface area contributed by atoms with E-state index in [1.54, 1.807) is 0 Å². The third kappa shape index (κ3) is 3.61. The molecule has 2 rings (SSSR count). The number of aromatic nitrogens is 2. The zero-order valence-electron chi connectivity index (χ0n) is 12.0. The molecule has 0 unspecified atom stereocenters. The molecule has 7 heteroatoms. The summed E-state index contributed by atoms with van der Waals surface area (Å²) in [6.45, 7) is 6.09. The number of nitrogens with zero attached hydrogens (tertiary/aromatic N) is 1. The van der Waals surface area contributed by atoms with Crippen molar-refractivity contribution in [2.24, 2.45) is 0 Å². The molecule has 0 radical (unpaired) electrons. The van der Waals surface area contributed by atoms with Crippen molar-refractivity contribution >= 4 is 28.3 Å². The topological polar surface area (TPSA) is 74.8 Å². The Morgan fingerprint density at radius 3 is 2.70 bits per heavy atom. The molecule has 1 aliphatic rings. The van der Waals surface area contributed by atoms with Crippen molar-refractivity contribution in [2.45, 2.75) is 44.3 Å². The van der Waals surface area contributed by atoms with E-state index in [-0.39, 0.29) is 16.3 Å². The molecule has 0 aliphatic heterocycles. The third-order valence-corrected chi connectivity index (χ3v) is 5.51. The van der Waals surface area contributed by atoms with Crippen LogP contribution in [0.25, 0.3) is 0 Å². The first-order valence-electron chi connectivity index (χ1n) is 6.71. The maximum absolute atomic E-state index is 12.0. The van der Waals surface area contributed by atoms with Crippen LogP contribution in [0.3, 0.4) is 0 Å². The molecule has 1 saturated carbocycles. The largest absolute Gasteiger partial charge is 0.350 e. The molecule has 1 aromatic rings. The second-order valence-electron chi connectivity index (χ2n) is 5.99. The molecule has 0 spiro atoms. The molecule has 0 bridgehead atoms. The highest BCUT2D eigenvalue weighted by Crippen LogP contribution is 2.42. The summed E-state index contributed by atoms with van der Waals surface area (Å²) >= 11 is 6.15. The van der Waals surface area contributed by atoms with Crippen molar-refractivity contribution in [2.75, 3.05) is 12.3 Å². The van der Waals surface area contributed by atoms with Crippen LogP contribution in [0.1, 0.15) is 55.7 Å². The number of halogens is 1. The zero-order chi connectivity index (χ0) is 14.9. The molecular formula is C13H20ClN3O2S. The Bertz CT molecular complexity index is 532. The SMILES string of the molecule is CC(C)(C)[S@](=O)CCNC(=O)c1n[nH]c(C2CC2)c1Cl. The number of carbonyl (C=O) groups is 1. The van der Waals surface area contributed by atoms with Crippen LogP contribution in [0.15, 0.2) is 0 Å². The van der Waals surface area contributed by atoms with Gasteiger partial charge < -0.3 is 5.32 Å². The van der Waals surface area contributed by atoms with E-state index in [2.05, 4.69) is 15.5 Å². The molecule has 1 aromatic heterocycles. The third-order valence-electron chi connectivity index (χ3n) is 3.19. The molecule has 5 nitrogen and oxygen atoms in total. The Balaban J connectivity index is 1.88. The fourth-order valence-corrected chi connectivity index (χ4v) is 3.01. The Hall–Kier alpha value is -0.880. The molecule has 2 N–H and O–H groups in total. The maximum atomic E-state index is 12.0. The Kier molecular flexibility index (Phi) is 4.54. The van der Waals surface area contributed by atoms with Gasteiger partial charge in [0, 0.05) is 33.8 Å². The maximum Gasteiger partial charge on any atom is 0.273 e. The van der Waals surface area contributed by atoms with Crippen LogP contribution >= 0.6 is 11.6 Å². The van der Waals surface area contributed by atoms with Crippen molar-refractivity contribution in [3.05, 3.63) is 16.4 Å². The summed E-state index contributed by atoms with van der Waals surface area (Å²) in [6.07, 6.45) is 2.18. The number of aromatic amines is 1. The van der Waals surface area contributed by atoms with Crippen molar-refractivity contribution in [1.29, 1.82) is 0 Å². The monoisotopic (exact) mass is 317 g/mol. The van der Waals surface area contributed by atoms with Crippen molar-refractivity contribution in [1.82, 2.24) is 15.5 Å². The van der Waals surface area contributed by atoms with Gasteiger partial charge in [-0.1, -0.05) is 11.6 Å². The van der Waals surface area contributed by atoms with E-state index in [1.807, 2.05) is 20.8 Å². The molecular weight excluding hydrogens is 298 g/mol. The van der Waals surface area contributed by atoms with Gasteiger partial charge in [-0.3, -0.25) is 14.1 Å². The quantitative estimate of drug-likeness (QED) is 0.874. The summed E-state index contributed by atoms with van der Waals surface area (Å²) in [4.78, 5) is 12.0. The van der Waals surface area contributed by atoms with Crippen molar-refractivity contribution < 1.29 is 9.00 Å². The molecule has 112 valence electrons. The number of nitrogens with one attached hydrogen (secondary N) is 2. The minimum absolute atomic E-state index is 0.232. The van der Waals surface area contributed by atoms with E-state index < -0.39 is 10.8 Å². The fourth-order valence-electron chi connectivity index (χ4n) is 1.78. The van der Waals surface area contributed by atoms with Gasteiger partial charge in [0.2, 0.25) is 0 Å². The molecule has 1 fully saturated rings. The molecule has 1 atom stereocenters. The van der Waals surface area contributed by atoms with E-state index in [1.165, 1.54) is 0 Å². The molecule has 0 aromatic carbocycles. The highest BCUT2D eigenvalue weighted by Gasteiger charge is 2.30. The molecule has 1 heterocycles. The minimum atomic E-state index is -0.984. The van der Waals surface area contributed by atoms with Gasteiger partial charge in [-0.05, 0) is 33.6 Å². The van der Waals surface area contributed by atoms with Crippen LogP contribution in [0.5, 0.6) is 0 Å². The summed E-state index contributed by atoms with van der Waals surface area (Å²) in [5, 5.41) is 9.95. The van der Waals surface area contributed by atoms with Crippen LogP contribution in [0.2, 0.25) is 5.02 Å². The number of hydrogen-bond acceptors (Lipinski definition) is 3. The van der Waals surface area contributed by atoms with Gasteiger partial charge in [0.15, 0.2) is 5.69 Å². The van der Waals surface area contributed by atoms with Crippen LogP contribution in [0.4, 0.5) is 0 Å². The number of amides is 1. The van der Waals surface area contributed by atoms with E-state index in [0.29, 0.717) is 23.2 Å². The lowest BCUT2D eigenvalue weighted by molar-refractivity contribution is 0.0951. The minimum Gasteiger partial charge on any atom is -0.350 e. The van der Waals surface area contributed by atoms with Crippen LogP contribution in [-0.4, -0.2) is 37.4 Å². The summed E-state index contributed by atoms with van der Waals surface area (Å²) < 4.78 is 11.6. The highest BCUT2D eigenvalue weighted by molar-refractivity contribution is 7.86. The molecule has 1 aliphatic carbocycles. The number of carbonyl (C=O) groups excluding carboxylic acids is 1. The lowest BCUT2D eigenvalue weighted by atomic mass is 10.2. The van der Waals surface area contributed by atoms with Crippen molar-refractivity contribution in [3.8, 4) is 0 Å². The summed E-state index contributed by atoms with van der Waals surface area (Å²) in [5.74, 6) is 0.529. The van der Waals surface area contributed by atoms with Gasteiger partial charge in [0.1, 0.15) is 0 Å². The molecule has 20 heavy (non-hydrogen) atoms. The number of rotatable bonds is 5. The van der Waals surface area contributed by atoms with Crippen molar-refractivity contribution in [3.63, 3.8) is 0 Å². The fraction of sp³-hybridized carbons (Fsp3) is 0.692. The van der Waals surface area contributed by atoms with E-state index in [4.69, 9.17) is 11.6 Å². The van der Waals surface area contributed by atoms with Gasteiger partial charge in [0.25, 0.3) is 5.91 Å². The normalized spacial score (nSPS) is 17.0. The zero-order valence-corrected chi connectivity index (χ0v) is 13.5. The molecule has 0 saturated heterocycles. The first-order valence-corrected chi connectivity index (χ1v) is 8.41. The Morgan fingerprint density at radius 2 is 2.15 bits per heavy atom. The number of H-pyrrole nitrogens is 1. The van der Waals surface area contributed by atoms with E-state index >= 15 is 0 Å². The summed E-state index contributed by atoms with van der Waals surface area (Å²) in [5.41, 5.74) is 1.09. The predicted molar refractivity (Wildman–Crippen MR) is 80.7 cm³/mol. The Morgan fingerprint density at radius 1 is 1.50 bits per heavy atom. The number of hydrogen-bond donors (Lipinski definition) is 2. The average molecular weight is 318 g/mol. The highest BCUT2D eigenvalue weighted by atomic mass is 35.5. The predicted octanol–water partition coefficient (Wildman–Crippen LogP) is 2.22. The average Bonchev–Trinajstić information content (AvgIpc) is 3.11. The lowest BCUT2D eigenvalue weighted by Crippen LogP contribution is -2.32. The first-order chi connectivity index (χ1) is 9.30. The van der Waals surface area contributed by atoms with Crippen LogP contribution in [-0.2, 0) is 10.8 Å². The lowest BCUT2D eigenvalue weighted by Gasteiger charge is -2.17. The van der Waals surface area contributed by atoms with Crippen LogP contribution in [0, 0.1) is 0 Å².